The number of aromatic amines is 1. The SMILES string of the molecule is Cc1[nH]c(CC(C)C(=O)O)nc1-c1ccccc1Br. The first kappa shape index (κ1) is 13.8. The van der Waals surface area contributed by atoms with E-state index < -0.39 is 11.9 Å². The van der Waals surface area contributed by atoms with Crippen molar-refractivity contribution in [3.05, 3.63) is 40.3 Å². The van der Waals surface area contributed by atoms with E-state index in [2.05, 4.69) is 25.9 Å². The van der Waals surface area contributed by atoms with Crippen molar-refractivity contribution < 1.29 is 9.90 Å². The van der Waals surface area contributed by atoms with Gasteiger partial charge in [-0.1, -0.05) is 41.1 Å². The molecule has 0 aliphatic heterocycles. The number of halogens is 1. The molecule has 2 N–H and O–H groups in total. The van der Waals surface area contributed by atoms with Gasteiger partial charge in [-0.15, -0.1) is 0 Å². The lowest BCUT2D eigenvalue weighted by molar-refractivity contribution is -0.141. The standard InChI is InChI=1S/C14H15BrN2O2/c1-8(14(18)19)7-12-16-9(2)13(17-12)10-5-3-4-6-11(10)15/h3-6,8H,7H2,1-2H3,(H,16,17)(H,18,19). The minimum Gasteiger partial charge on any atom is -0.481 e. The molecule has 2 aromatic rings. The highest BCUT2D eigenvalue weighted by atomic mass is 79.9. The third kappa shape index (κ3) is 3.04. The molecule has 100 valence electrons. The summed E-state index contributed by atoms with van der Waals surface area (Å²) < 4.78 is 0.974. The smallest absolute Gasteiger partial charge is 0.306 e. The topological polar surface area (TPSA) is 66.0 Å². The van der Waals surface area contributed by atoms with Crippen LogP contribution in [0.5, 0.6) is 0 Å². The fraction of sp³-hybridized carbons (Fsp3) is 0.286. The Morgan fingerprint density at radius 2 is 2.16 bits per heavy atom. The number of aromatic nitrogens is 2. The molecule has 0 aliphatic carbocycles. The maximum Gasteiger partial charge on any atom is 0.306 e. The Morgan fingerprint density at radius 3 is 2.79 bits per heavy atom. The van der Waals surface area contributed by atoms with E-state index in [0.29, 0.717) is 12.2 Å². The molecule has 19 heavy (non-hydrogen) atoms. The van der Waals surface area contributed by atoms with Crippen LogP contribution in [0.25, 0.3) is 11.3 Å². The number of carboxylic acids is 1. The Bertz CT molecular complexity index is 607. The number of aliphatic carboxylic acids is 1. The van der Waals surface area contributed by atoms with Crippen LogP contribution in [-0.4, -0.2) is 21.0 Å². The Morgan fingerprint density at radius 1 is 1.47 bits per heavy atom. The lowest BCUT2D eigenvalue weighted by atomic mass is 10.1. The van der Waals surface area contributed by atoms with Crippen molar-refractivity contribution >= 4 is 21.9 Å². The normalized spacial score (nSPS) is 12.4. The number of H-pyrrole nitrogens is 1. The summed E-state index contributed by atoms with van der Waals surface area (Å²) in [5.41, 5.74) is 2.81. The number of nitrogens with zero attached hydrogens (tertiary/aromatic N) is 1. The molecule has 1 unspecified atom stereocenters. The van der Waals surface area contributed by atoms with Gasteiger partial charge in [0, 0.05) is 22.2 Å². The van der Waals surface area contributed by atoms with Crippen molar-refractivity contribution in [1.29, 1.82) is 0 Å². The van der Waals surface area contributed by atoms with Gasteiger partial charge in [-0.05, 0) is 13.0 Å². The summed E-state index contributed by atoms with van der Waals surface area (Å²) in [4.78, 5) is 18.5. The number of carbonyl (C=O) groups is 1. The summed E-state index contributed by atoms with van der Waals surface area (Å²) in [6.07, 6.45) is 0.403. The molecule has 0 saturated carbocycles. The molecule has 0 saturated heterocycles. The number of aryl methyl sites for hydroxylation is 1. The Balaban J connectivity index is 2.32. The molecular weight excluding hydrogens is 308 g/mol. The van der Waals surface area contributed by atoms with Crippen LogP contribution in [0.15, 0.2) is 28.7 Å². The van der Waals surface area contributed by atoms with Crippen LogP contribution in [0, 0.1) is 12.8 Å². The maximum absolute atomic E-state index is 10.9. The molecule has 0 radical (unpaired) electrons. The zero-order valence-electron chi connectivity index (χ0n) is 10.8. The second-order valence-corrected chi connectivity index (χ2v) is 5.43. The predicted octanol–water partition coefficient (Wildman–Crippen LogP) is 3.41. The quantitative estimate of drug-likeness (QED) is 0.906. The largest absolute Gasteiger partial charge is 0.481 e. The first-order valence-corrected chi connectivity index (χ1v) is 6.81. The summed E-state index contributed by atoms with van der Waals surface area (Å²) in [6.45, 7) is 3.62. The van der Waals surface area contributed by atoms with Gasteiger partial charge in [0.2, 0.25) is 0 Å². The van der Waals surface area contributed by atoms with Gasteiger partial charge in [0.15, 0.2) is 0 Å². The van der Waals surface area contributed by atoms with E-state index in [4.69, 9.17) is 5.11 Å². The van der Waals surface area contributed by atoms with Crippen LogP contribution in [0.1, 0.15) is 18.4 Å². The fourth-order valence-corrected chi connectivity index (χ4v) is 2.38. The summed E-state index contributed by atoms with van der Waals surface area (Å²) in [6, 6.07) is 7.84. The molecule has 1 atom stereocenters. The fourth-order valence-electron chi connectivity index (χ4n) is 1.91. The van der Waals surface area contributed by atoms with Crippen LogP contribution in [0.2, 0.25) is 0 Å². The second kappa shape index (κ2) is 5.57. The zero-order valence-corrected chi connectivity index (χ0v) is 12.4. The van der Waals surface area contributed by atoms with E-state index in [-0.39, 0.29) is 0 Å². The highest BCUT2D eigenvalue weighted by molar-refractivity contribution is 9.10. The van der Waals surface area contributed by atoms with Crippen LogP contribution < -0.4 is 0 Å². The molecule has 0 spiro atoms. The predicted molar refractivity (Wildman–Crippen MR) is 77.0 cm³/mol. The van der Waals surface area contributed by atoms with Gasteiger partial charge in [-0.3, -0.25) is 4.79 Å². The van der Waals surface area contributed by atoms with Crippen molar-refractivity contribution in [3.63, 3.8) is 0 Å². The molecule has 0 bridgehead atoms. The van der Waals surface area contributed by atoms with Gasteiger partial charge in [0.25, 0.3) is 0 Å². The number of imidazole rings is 1. The average Bonchev–Trinajstić information content (AvgIpc) is 2.70. The van der Waals surface area contributed by atoms with E-state index in [1.807, 2.05) is 31.2 Å². The Labute approximate surface area is 120 Å². The van der Waals surface area contributed by atoms with E-state index in [0.717, 1.165) is 21.4 Å². The highest BCUT2D eigenvalue weighted by Crippen LogP contribution is 2.29. The third-order valence-corrected chi connectivity index (χ3v) is 3.68. The maximum atomic E-state index is 10.9. The molecule has 5 heteroatoms. The minimum absolute atomic E-state index is 0.403. The van der Waals surface area contributed by atoms with Gasteiger partial charge in [0.05, 0.1) is 11.6 Å². The van der Waals surface area contributed by atoms with E-state index in [1.165, 1.54) is 0 Å². The number of hydrogen-bond donors (Lipinski definition) is 2. The van der Waals surface area contributed by atoms with Gasteiger partial charge < -0.3 is 10.1 Å². The summed E-state index contributed by atoms with van der Waals surface area (Å²) in [7, 11) is 0. The first-order valence-electron chi connectivity index (χ1n) is 6.02. The number of nitrogens with one attached hydrogen (secondary N) is 1. The van der Waals surface area contributed by atoms with Crippen molar-refractivity contribution in [1.82, 2.24) is 9.97 Å². The molecule has 2 rings (SSSR count). The van der Waals surface area contributed by atoms with Crippen molar-refractivity contribution in [2.45, 2.75) is 20.3 Å². The molecule has 1 heterocycles. The lowest BCUT2D eigenvalue weighted by Crippen LogP contribution is -2.13. The number of hydrogen-bond acceptors (Lipinski definition) is 2. The Hall–Kier alpha value is -1.62. The van der Waals surface area contributed by atoms with Crippen LogP contribution in [0.3, 0.4) is 0 Å². The highest BCUT2D eigenvalue weighted by Gasteiger charge is 2.16. The first-order chi connectivity index (χ1) is 8.99. The van der Waals surface area contributed by atoms with Crippen LogP contribution in [0.4, 0.5) is 0 Å². The molecular formula is C14H15BrN2O2. The number of benzene rings is 1. The molecule has 0 amide bonds. The van der Waals surface area contributed by atoms with E-state index in [9.17, 15) is 4.79 Å². The summed E-state index contributed by atoms with van der Waals surface area (Å²) in [5.74, 6) is -0.549. The molecule has 0 aliphatic rings. The minimum atomic E-state index is -0.809. The van der Waals surface area contributed by atoms with Crippen LogP contribution in [-0.2, 0) is 11.2 Å². The van der Waals surface area contributed by atoms with Crippen molar-refractivity contribution in [3.8, 4) is 11.3 Å². The van der Waals surface area contributed by atoms with Gasteiger partial charge in [-0.2, -0.15) is 0 Å². The van der Waals surface area contributed by atoms with Gasteiger partial charge in [-0.25, -0.2) is 4.98 Å². The molecule has 1 aromatic heterocycles. The number of carboxylic acid groups (broad SMARTS) is 1. The second-order valence-electron chi connectivity index (χ2n) is 4.58. The van der Waals surface area contributed by atoms with E-state index >= 15 is 0 Å². The van der Waals surface area contributed by atoms with E-state index in [1.54, 1.807) is 6.92 Å². The third-order valence-electron chi connectivity index (χ3n) is 2.98. The van der Waals surface area contributed by atoms with Crippen molar-refractivity contribution in [2.75, 3.05) is 0 Å². The Kier molecular flexibility index (Phi) is 4.04. The van der Waals surface area contributed by atoms with Gasteiger partial charge >= 0.3 is 5.97 Å². The zero-order chi connectivity index (χ0) is 14.0. The van der Waals surface area contributed by atoms with Crippen LogP contribution >= 0.6 is 15.9 Å². The molecule has 4 nitrogen and oxygen atoms in total. The summed E-state index contributed by atoms with van der Waals surface area (Å²) in [5, 5.41) is 8.93. The monoisotopic (exact) mass is 322 g/mol. The summed E-state index contributed by atoms with van der Waals surface area (Å²) >= 11 is 3.50. The average molecular weight is 323 g/mol. The van der Waals surface area contributed by atoms with Gasteiger partial charge in [0.1, 0.15) is 5.82 Å². The number of rotatable bonds is 4. The molecule has 0 fully saturated rings. The molecule has 1 aromatic carbocycles. The lowest BCUT2D eigenvalue weighted by Gasteiger charge is -2.02. The van der Waals surface area contributed by atoms with Crippen molar-refractivity contribution in [2.24, 2.45) is 5.92 Å².